The van der Waals surface area contributed by atoms with Crippen molar-refractivity contribution in [3.05, 3.63) is 42.5 Å². The minimum Gasteiger partial charge on any atom is -0.495 e. The van der Waals surface area contributed by atoms with Gasteiger partial charge in [0.15, 0.2) is 0 Å². The summed E-state index contributed by atoms with van der Waals surface area (Å²) in [6.45, 7) is 1.41. The molecule has 1 amide bonds. The number of carbonyl (C=O) groups is 1. The van der Waals surface area contributed by atoms with Crippen molar-refractivity contribution in [1.29, 1.82) is 0 Å². The quantitative estimate of drug-likeness (QED) is 0.846. The number of nitrogens with one attached hydrogen (secondary N) is 1. The minimum absolute atomic E-state index is 0.112. The average Bonchev–Trinajstić information content (AvgIpc) is 2.55. The Morgan fingerprint density at radius 1 is 1.35 bits per heavy atom. The van der Waals surface area contributed by atoms with E-state index in [9.17, 15) is 4.79 Å². The first-order chi connectivity index (χ1) is 11.2. The number of amides is 1. The van der Waals surface area contributed by atoms with Gasteiger partial charge in [-0.05, 0) is 24.3 Å². The average molecular weight is 313 g/mol. The van der Waals surface area contributed by atoms with Gasteiger partial charge in [0.1, 0.15) is 18.1 Å². The number of fused-ring (bicyclic) bond motifs is 1. The lowest BCUT2D eigenvalue weighted by molar-refractivity contribution is -0.115. The number of hydrogen-bond donors (Lipinski definition) is 2. The van der Waals surface area contributed by atoms with Gasteiger partial charge in [0.05, 0.1) is 31.6 Å². The molecule has 23 heavy (non-hydrogen) atoms. The maximum absolute atomic E-state index is 12.4. The number of nitrogen functional groups attached to an aromatic ring is 1. The summed E-state index contributed by atoms with van der Waals surface area (Å²) in [7, 11) is 1.58. The van der Waals surface area contributed by atoms with Gasteiger partial charge in [-0.1, -0.05) is 12.1 Å². The highest BCUT2D eigenvalue weighted by atomic mass is 16.5. The third-order valence-corrected chi connectivity index (χ3v) is 3.66. The maximum atomic E-state index is 12.4. The van der Waals surface area contributed by atoms with Gasteiger partial charge in [0, 0.05) is 11.8 Å². The predicted octanol–water partition coefficient (Wildman–Crippen LogP) is 2.11. The van der Waals surface area contributed by atoms with E-state index in [0.717, 1.165) is 5.69 Å². The van der Waals surface area contributed by atoms with Gasteiger partial charge >= 0.3 is 0 Å². The molecule has 0 spiro atoms. The molecule has 0 unspecified atom stereocenters. The van der Waals surface area contributed by atoms with Crippen molar-refractivity contribution in [3.8, 4) is 11.5 Å². The first kappa shape index (κ1) is 15.0. The van der Waals surface area contributed by atoms with Gasteiger partial charge in [0.25, 0.3) is 0 Å². The number of benzene rings is 2. The van der Waals surface area contributed by atoms with Crippen molar-refractivity contribution in [2.24, 2.45) is 0 Å². The molecule has 120 valence electrons. The molecule has 1 heterocycles. The van der Waals surface area contributed by atoms with Gasteiger partial charge in [-0.25, -0.2) is 0 Å². The Morgan fingerprint density at radius 3 is 3.00 bits per heavy atom. The van der Waals surface area contributed by atoms with E-state index in [1.54, 1.807) is 19.2 Å². The van der Waals surface area contributed by atoms with Crippen LogP contribution in [0.5, 0.6) is 11.5 Å². The zero-order chi connectivity index (χ0) is 16.2. The van der Waals surface area contributed by atoms with Gasteiger partial charge in [-0.3, -0.25) is 4.79 Å². The summed E-state index contributed by atoms with van der Waals surface area (Å²) in [6.07, 6.45) is 0. The second-order valence-electron chi connectivity index (χ2n) is 5.25. The Hall–Kier alpha value is -2.89. The molecular formula is C17H19N3O3. The number of rotatable bonds is 4. The van der Waals surface area contributed by atoms with Gasteiger partial charge in [0.2, 0.25) is 5.91 Å². The Kier molecular flexibility index (Phi) is 4.23. The lowest BCUT2D eigenvalue weighted by atomic mass is 10.2. The molecule has 0 saturated heterocycles. The van der Waals surface area contributed by atoms with E-state index in [2.05, 4.69) is 5.32 Å². The monoisotopic (exact) mass is 313 g/mol. The molecule has 6 heteroatoms. The highest BCUT2D eigenvalue weighted by molar-refractivity contribution is 5.95. The van der Waals surface area contributed by atoms with Crippen LogP contribution in [-0.4, -0.2) is 32.7 Å². The highest BCUT2D eigenvalue weighted by Crippen LogP contribution is 2.33. The Labute approximate surface area is 134 Å². The first-order valence-electron chi connectivity index (χ1n) is 7.37. The maximum Gasteiger partial charge on any atom is 0.243 e. The van der Waals surface area contributed by atoms with Crippen molar-refractivity contribution in [3.63, 3.8) is 0 Å². The molecule has 2 aromatic rings. The molecule has 0 atom stereocenters. The van der Waals surface area contributed by atoms with Crippen LogP contribution in [0.2, 0.25) is 0 Å². The minimum atomic E-state index is -0.112. The fourth-order valence-electron chi connectivity index (χ4n) is 2.57. The summed E-state index contributed by atoms with van der Waals surface area (Å²) in [5, 5.41) is 2.88. The molecule has 0 aliphatic carbocycles. The molecule has 3 N–H and O–H groups in total. The van der Waals surface area contributed by atoms with Crippen LogP contribution in [0, 0.1) is 0 Å². The third kappa shape index (κ3) is 3.31. The molecule has 6 nitrogen and oxygen atoms in total. The molecule has 0 saturated carbocycles. The zero-order valence-electron chi connectivity index (χ0n) is 12.9. The summed E-state index contributed by atoms with van der Waals surface area (Å²) >= 11 is 0. The number of ether oxygens (including phenoxy) is 2. The number of carbonyl (C=O) groups excluding carboxylic acids is 1. The molecule has 0 fully saturated rings. The summed E-state index contributed by atoms with van der Waals surface area (Å²) in [5.74, 6) is 1.23. The lowest BCUT2D eigenvalue weighted by Gasteiger charge is -2.30. The van der Waals surface area contributed by atoms with Crippen LogP contribution in [0.15, 0.2) is 42.5 Å². The molecular weight excluding hydrogens is 294 g/mol. The van der Waals surface area contributed by atoms with Crippen LogP contribution < -0.4 is 25.4 Å². The Bertz CT molecular complexity index is 718. The molecule has 3 rings (SSSR count). The third-order valence-electron chi connectivity index (χ3n) is 3.66. The molecule has 1 aliphatic rings. The summed E-state index contributed by atoms with van der Waals surface area (Å²) < 4.78 is 10.8. The van der Waals surface area contributed by atoms with Crippen molar-refractivity contribution in [1.82, 2.24) is 0 Å². The van der Waals surface area contributed by atoms with Gasteiger partial charge in [-0.15, -0.1) is 0 Å². The summed E-state index contributed by atoms with van der Waals surface area (Å²) in [6, 6.07) is 12.8. The number of para-hydroxylation sites is 2. The van der Waals surface area contributed by atoms with E-state index < -0.39 is 0 Å². The Balaban J connectivity index is 1.72. The number of methoxy groups -OCH3 is 1. The lowest BCUT2D eigenvalue weighted by Crippen LogP contribution is -2.38. The second-order valence-corrected chi connectivity index (χ2v) is 5.25. The second kappa shape index (κ2) is 6.48. The smallest absolute Gasteiger partial charge is 0.243 e. The summed E-state index contributed by atoms with van der Waals surface area (Å²) in [5.41, 5.74) is 7.95. The van der Waals surface area contributed by atoms with E-state index in [1.165, 1.54) is 0 Å². The number of nitrogens with two attached hydrogens (primary N) is 1. The summed E-state index contributed by atoms with van der Waals surface area (Å²) in [4.78, 5) is 14.3. The van der Waals surface area contributed by atoms with Crippen LogP contribution in [-0.2, 0) is 4.79 Å². The van der Waals surface area contributed by atoms with Crippen molar-refractivity contribution in [2.75, 3.05) is 42.8 Å². The van der Waals surface area contributed by atoms with Crippen molar-refractivity contribution < 1.29 is 14.3 Å². The van der Waals surface area contributed by atoms with E-state index in [0.29, 0.717) is 36.0 Å². The fourth-order valence-corrected chi connectivity index (χ4v) is 2.57. The molecule has 2 aromatic carbocycles. The predicted molar refractivity (Wildman–Crippen MR) is 90.2 cm³/mol. The highest BCUT2D eigenvalue weighted by Gasteiger charge is 2.20. The largest absolute Gasteiger partial charge is 0.495 e. The first-order valence-corrected chi connectivity index (χ1v) is 7.37. The molecule has 0 bridgehead atoms. The van der Waals surface area contributed by atoms with Crippen LogP contribution in [0.25, 0.3) is 0 Å². The molecule has 1 aliphatic heterocycles. The van der Waals surface area contributed by atoms with Crippen LogP contribution >= 0.6 is 0 Å². The van der Waals surface area contributed by atoms with E-state index in [-0.39, 0.29) is 12.5 Å². The van der Waals surface area contributed by atoms with Crippen molar-refractivity contribution >= 4 is 23.0 Å². The van der Waals surface area contributed by atoms with Crippen LogP contribution in [0.1, 0.15) is 0 Å². The van der Waals surface area contributed by atoms with Crippen molar-refractivity contribution in [2.45, 2.75) is 0 Å². The van der Waals surface area contributed by atoms with E-state index in [4.69, 9.17) is 15.2 Å². The number of nitrogens with zero attached hydrogens (tertiary/aromatic N) is 1. The zero-order valence-corrected chi connectivity index (χ0v) is 12.9. The SMILES string of the molecule is COc1ccccc1NC(=O)CN1CCOc2cc(N)ccc21. The van der Waals surface area contributed by atoms with Gasteiger partial charge in [-0.2, -0.15) is 0 Å². The van der Waals surface area contributed by atoms with Gasteiger partial charge < -0.3 is 25.4 Å². The van der Waals surface area contributed by atoms with E-state index in [1.807, 2.05) is 35.2 Å². The standard InChI is InChI=1S/C17H19N3O3/c1-22-15-5-3-2-4-13(15)19-17(21)11-20-8-9-23-16-10-12(18)6-7-14(16)20/h2-7,10H,8-9,11,18H2,1H3,(H,19,21). The molecule has 0 radical (unpaired) electrons. The normalized spacial score (nSPS) is 13.0. The van der Waals surface area contributed by atoms with Crippen LogP contribution in [0.3, 0.4) is 0 Å². The fraction of sp³-hybridized carbons (Fsp3) is 0.235. The van der Waals surface area contributed by atoms with E-state index >= 15 is 0 Å². The Morgan fingerprint density at radius 2 is 2.17 bits per heavy atom. The molecule has 0 aromatic heterocycles. The topological polar surface area (TPSA) is 76.8 Å². The number of hydrogen-bond acceptors (Lipinski definition) is 5. The van der Waals surface area contributed by atoms with Crippen LogP contribution in [0.4, 0.5) is 17.1 Å². The number of anilines is 3.